The van der Waals surface area contributed by atoms with Crippen molar-refractivity contribution >= 4 is 23.2 Å². The molecular formula is C11H13Cl2N. The molecule has 1 aromatic carbocycles. The molecule has 1 fully saturated rings. The Labute approximate surface area is 94.4 Å². The van der Waals surface area contributed by atoms with E-state index in [1.165, 1.54) is 12.8 Å². The summed E-state index contributed by atoms with van der Waals surface area (Å²) in [5.74, 6) is 0.477. The third-order valence-corrected chi connectivity index (χ3v) is 3.36. The number of nitrogens with one attached hydrogen (secondary N) is 1. The lowest BCUT2D eigenvalue weighted by Crippen LogP contribution is -2.28. The van der Waals surface area contributed by atoms with E-state index >= 15 is 0 Å². The van der Waals surface area contributed by atoms with Crippen LogP contribution in [-0.2, 0) is 0 Å². The number of rotatable bonds is 1. The summed E-state index contributed by atoms with van der Waals surface area (Å²) in [5.41, 5.74) is 1.11. The molecule has 3 heteroatoms. The standard InChI is InChI=1S/C11H13Cl2N/c12-9-4-1-5-10(13)11(9)8-3-2-6-14-7-8/h1,4-5,8,14H,2-3,6-7H2/t8-/m1/s1. The van der Waals surface area contributed by atoms with E-state index in [9.17, 15) is 0 Å². The maximum Gasteiger partial charge on any atom is 0.0456 e. The topological polar surface area (TPSA) is 12.0 Å². The van der Waals surface area contributed by atoms with Crippen LogP contribution in [0.5, 0.6) is 0 Å². The van der Waals surface area contributed by atoms with Gasteiger partial charge in [0.05, 0.1) is 0 Å². The zero-order chi connectivity index (χ0) is 9.97. The smallest absolute Gasteiger partial charge is 0.0456 e. The SMILES string of the molecule is Clc1cccc(Cl)c1[C@@H]1CCCNC1. The molecule has 0 aliphatic carbocycles. The van der Waals surface area contributed by atoms with Crippen molar-refractivity contribution < 1.29 is 0 Å². The van der Waals surface area contributed by atoms with Crippen LogP contribution < -0.4 is 5.32 Å². The van der Waals surface area contributed by atoms with Crippen molar-refractivity contribution in [1.29, 1.82) is 0 Å². The van der Waals surface area contributed by atoms with Gasteiger partial charge in [0.2, 0.25) is 0 Å². The van der Waals surface area contributed by atoms with E-state index in [-0.39, 0.29) is 0 Å². The van der Waals surface area contributed by atoms with Crippen LogP contribution in [0.25, 0.3) is 0 Å². The molecule has 1 aliphatic rings. The number of halogens is 2. The number of benzene rings is 1. The summed E-state index contributed by atoms with van der Waals surface area (Å²) in [7, 11) is 0. The summed E-state index contributed by atoms with van der Waals surface area (Å²) in [5, 5.41) is 4.97. The first kappa shape index (κ1) is 10.3. The van der Waals surface area contributed by atoms with Crippen LogP contribution in [-0.4, -0.2) is 13.1 Å². The highest BCUT2D eigenvalue weighted by atomic mass is 35.5. The molecule has 1 heterocycles. The molecule has 0 radical (unpaired) electrons. The highest BCUT2D eigenvalue weighted by Gasteiger charge is 2.19. The predicted molar refractivity (Wildman–Crippen MR) is 61.3 cm³/mol. The summed E-state index contributed by atoms with van der Waals surface area (Å²) >= 11 is 12.3. The number of hydrogen-bond acceptors (Lipinski definition) is 1. The third kappa shape index (κ3) is 2.05. The Morgan fingerprint density at radius 2 is 1.93 bits per heavy atom. The Hall–Kier alpha value is -0.240. The van der Waals surface area contributed by atoms with Crippen LogP contribution in [0.1, 0.15) is 24.3 Å². The van der Waals surface area contributed by atoms with Gasteiger partial charge in [-0.1, -0.05) is 29.3 Å². The van der Waals surface area contributed by atoms with Crippen molar-refractivity contribution in [2.75, 3.05) is 13.1 Å². The van der Waals surface area contributed by atoms with Crippen LogP contribution in [0.2, 0.25) is 10.0 Å². The van der Waals surface area contributed by atoms with Crippen molar-refractivity contribution in [3.63, 3.8) is 0 Å². The first-order valence-electron chi connectivity index (χ1n) is 4.93. The molecule has 0 spiro atoms. The fourth-order valence-corrected chi connectivity index (χ4v) is 2.70. The van der Waals surface area contributed by atoms with Gasteiger partial charge in [0.25, 0.3) is 0 Å². The van der Waals surface area contributed by atoms with E-state index in [1.54, 1.807) is 0 Å². The van der Waals surface area contributed by atoms with Crippen molar-refractivity contribution in [3.05, 3.63) is 33.8 Å². The molecule has 1 nitrogen and oxygen atoms in total. The quantitative estimate of drug-likeness (QED) is 0.778. The van der Waals surface area contributed by atoms with Gasteiger partial charge in [-0.3, -0.25) is 0 Å². The predicted octanol–water partition coefficient (Wildman–Crippen LogP) is 3.46. The minimum Gasteiger partial charge on any atom is -0.316 e. The van der Waals surface area contributed by atoms with Gasteiger partial charge >= 0.3 is 0 Å². The van der Waals surface area contributed by atoms with E-state index in [0.29, 0.717) is 5.92 Å². The molecule has 0 amide bonds. The van der Waals surface area contributed by atoms with E-state index in [2.05, 4.69) is 5.32 Å². The van der Waals surface area contributed by atoms with Crippen molar-refractivity contribution in [2.24, 2.45) is 0 Å². The first-order chi connectivity index (χ1) is 6.79. The zero-order valence-electron chi connectivity index (χ0n) is 7.89. The minimum atomic E-state index is 0.477. The Morgan fingerprint density at radius 3 is 2.50 bits per heavy atom. The third-order valence-electron chi connectivity index (χ3n) is 2.70. The lowest BCUT2D eigenvalue weighted by molar-refractivity contribution is 0.462. The Balaban J connectivity index is 2.29. The Bertz CT molecular complexity index is 299. The molecule has 1 aliphatic heterocycles. The molecule has 1 aromatic rings. The molecule has 1 atom stereocenters. The summed E-state index contributed by atoms with van der Waals surface area (Å²) < 4.78 is 0. The summed E-state index contributed by atoms with van der Waals surface area (Å²) in [6.07, 6.45) is 2.38. The molecule has 1 saturated heterocycles. The average molecular weight is 230 g/mol. The van der Waals surface area contributed by atoms with E-state index in [1.807, 2.05) is 18.2 Å². The second-order valence-electron chi connectivity index (χ2n) is 3.68. The molecule has 2 rings (SSSR count). The largest absolute Gasteiger partial charge is 0.316 e. The highest BCUT2D eigenvalue weighted by molar-refractivity contribution is 6.36. The summed E-state index contributed by atoms with van der Waals surface area (Å²) in [4.78, 5) is 0. The normalized spacial score (nSPS) is 22.3. The Kier molecular flexibility index (Phi) is 3.32. The van der Waals surface area contributed by atoms with Gasteiger partial charge in [0.15, 0.2) is 0 Å². The number of piperidine rings is 1. The van der Waals surface area contributed by atoms with Gasteiger partial charge in [-0.25, -0.2) is 0 Å². The molecule has 76 valence electrons. The van der Waals surface area contributed by atoms with Gasteiger partial charge in [-0.2, -0.15) is 0 Å². The summed E-state index contributed by atoms with van der Waals surface area (Å²) in [6, 6.07) is 5.72. The van der Waals surface area contributed by atoms with E-state index in [4.69, 9.17) is 23.2 Å². The van der Waals surface area contributed by atoms with Gasteiger partial charge in [-0.05, 0) is 43.0 Å². The molecule has 0 saturated carbocycles. The van der Waals surface area contributed by atoms with E-state index in [0.717, 1.165) is 28.7 Å². The monoisotopic (exact) mass is 229 g/mol. The van der Waals surface area contributed by atoms with Crippen LogP contribution in [0.15, 0.2) is 18.2 Å². The number of hydrogen-bond donors (Lipinski definition) is 1. The van der Waals surface area contributed by atoms with Crippen molar-refractivity contribution in [2.45, 2.75) is 18.8 Å². The molecule has 0 unspecified atom stereocenters. The average Bonchev–Trinajstić information content (AvgIpc) is 2.19. The zero-order valence-corrected chi connectivity index (χ0v) is 9.41. The lowest BCUT2D eigenvalue weighted by atomic mass is 9.91. The van der Waals surface area contributed by atoms with Crippen LogP contribution in [0.4, 0.5) is 0 Å². The fraction of sp³-hybridized carbons (Fsp3) is 0.455. The molecular weight excluding hydrogens is 217 g/mol. The molecule has 0 aromatic heterocycles. The van der Waals surface area contributed by atoms with Crippen LogP contribution >= 0.6 is 23.2 Å². The first-order valence-corrected chi connectivity index (χ1v) is 5.69. The lowest BCUT2D eigenvalue weighted by Gasteiger charge is -2.24. The maximum atomic E-state index is 6.15. The summed E-state index contributed by atoms with van der Waals surface area (Å²) in [6.45, 7) is 2.10. The van der Waals surface area contributed by atoms with Crippen molar-refractivity contribution in [3.8, 4) is 0 Å². The molecule has 1 N–H and O–H groups in total. The van der Waals surface area contributed by atoms with Crippen molar-refractivity contribution in [1.82, 2.24) is 5.32 Å². The van der Waals surface area contributed by atoms with Crippen LogP contribution in [0, 0.1) is 0 Å². The second kappa shape index (κ2) is 4.52. The van der Waals surface area contributed by atoms with Gasteiger partial charge in [0.1, 0.15) is 0 Å². The highest BCUT2D eigenvalue weighted by Crippen LogP contribution is 2.34. The van der Waals surface area contributed by atoms with Crippen LogP contribution in [0.3, 0.4) is 0 Å². The minimum absolute atomic E-state index is 0.477. The van der Waals surface area contributed by atoms with E-state index < -0.39 is 0 Å². The van der Waals surface area contributed by atoms with Gasteiger partial charge in [0, 0.05) is 16.6 Å². The van der Waals surface area contributed by atoms with Gasteiger partial charge < -0.3 is 5.32 Å². The maximum absolute atomic E-state index is 6.15. The Morgan fingerprint density at radius 1 is 1.21 bits per heavy atom. The second-order valence-corrected chi connectivity index (χ2v) is 4.49. The fourth-order valence-electron chi connectivity index (χ4n) is 2.00. The molecule has 14 heavy (non-hydrogen) atoms. The molecule has 0 bridgehead atoms. The van der Waals surface area contributed by atoms with Gasteiger partial charge in [-0.15, -0.1) is 0 Å².